The Labute approximate surface area is 147 Å². The molecule has 0 fully saturated rings. The first kappa shape index (κ1) is 16.0. The number of fused-ring (bicyclic) bond motifs is 1. The number of ether oxygens (including phenoxy) is 1. The van der Waals surface area contributed by atoms with Crippen molar-refractivity contribution >= 4 is 34.0 Å². The van der Waals surface area contributed by atoms with Crippen LogP contribution < -0.4 is 4.74 Å². The molecule has 3 rings (SSSR count). The minimum Gasteiger partial charge on any atom is -0.503 e. The first-order valence-electron chi connectivity index (χ1n) is 6.78. The fraction of sp³-hybridized carbons (Fsp3) is 0. The van der Waals surface area contributed by atoms with Crippen LogP contribution >= 0.6 is 23.2 Å². The zero-order valence-corrected chi connectivity index (χ0v) is 13.6. The van der Waals surface area contributed by atoms with Crippen LogP contribution in [0, 0.1) is 22.7 Å². The minimum absolute atomic E-state index is 0.141. The van der Waals surface area contributed by atoms with E-state index in [1.807, 2.05) is 36.4 Å². The Morgan fingerprint density at radius 2 is 1.50 bits per heavy atom. The van der Waals surface area contributed by atoms with Crippen LogP contribution in [0.25, 0.3) is 10.8 Å². The Kier molecular flexibility index (Phi) is 4.18. The predicted octanol–water partition coefficient (Wildman–Crippen LogP) is 5.39. The minimum atomic E-state index is -0.481. The summed E-state index contributed by atoms with van der Waals surface area (Å²) in [6.07, 6.45) is 0. The second-order valence-electron chi connectivity index (χ2n) is 4.86. The topological polar surface area (TPSA) is 77.0 Å². The van der Waals surface area contributed by atoms with Crippen molar-refractivity contribution in [1.29, 1.82) is 10.5 Å². The fourth-order valence-corrected chi connectivity index (χ4v) is 2.84. The lowest BCUT2D eigenvalue weighted by Crippen LogP contribution is -1.94. The van der Waals surface area contributed by atoms with Crippen LogP contribution in [0.15, 0.2) is 42.5 Å². The zero-order chi connectivity index (χ0) is 17.3. The van der Waals surface area contributed by atoms with Gasteiger partial charge in [-0.15, -0.1) is 0 Å². The van der Waals surface area contributed by atoms with Gasteiger partial charge in [0.05, 0.1) is 11.1 Å². The molecule has 24 heavy (non-hydrogen) atoms. The lowest BCUT2D eigenvalue weighted by Gasteiger charge is -2.14. The average molecular weight is 355 g/mol. The van der Waals surface area contributed by atoms with Crippen LogP contribution in [-0.4, -0.2) is 5.11 Å². The van der Waals surface area contributed by atoms with Crippen molar-refractivity contribution < 1.29 is 9.84 Å². The lowest BCUT2D eigenvalue weighted by atomic mass is 10.1. The number of hydrogen-bond donors (Lipinski definition) is 1. The summed E-state index contributed by atoms with van der Waals surface area (Å²) in [5.74, 6) is -0.200. The monoisotopic (exact) mass is 354 g/mol. The van der Waals surface area contributed by atoms with Crippen molar-refractivity contribution in [1.82, 2.24) is 0 Å². The molecule has 0 unspecified atom stereocenters. The molecule has 4 nitrogen and oxygen atoms in total. The van der Waals surface area contributed by atoms with Gasteiger partial charge >= 0.3 is 0 Å². The summed E-state index contributed by atoms with van der Waals surface area (Å²) >= 11 is 12.1. The molecule has 0 aliphatic heterocycles. The number of aromatic hydroxyl groups is 1. The van der Waals surface area contributed by atoms with E-state index in [-0.39, 0.29) is 26.9 Å². The average Bonchev–Trinajstić information content (AvgIpc) is 2.61. The lowest BCUT2D eigenvalue weighted by molar-refractivity contribution is 0.413. The van der Waals surface area contributed by atoms with Gasteiger partial charge in [-0.05, 0) is 11.5 Å². The van der Waals surface area contributed by atoms with Crippen LogP contribution in [0.4, 0.5) is 0 Å². The third-order valence-electron chi connectivity index (χ3n) is 3.50. The number of phenols is 1. The van der Waals surface area contributed by atoms with E-state index in [1.54, 1.807) is 18.2 Å². The molecule has 0 spiro atoms. The van der Waals surface area contributed by atoms with Crippen LogP contribution in [-0.2, 0) is 0 Å². The van der Waals surface area contributed by atoms with Crippen molar-refractivity contribution in [2.24, 2.45) is 0 Å². The SMILES string of the molecule is N#Cc1c(Cl)c(O)c(Oc2cccc3ccccc23)c(Cl)c1C#N. The maximum atomic E-state index is 10.2. The van der Waals surface area contributed by atoms with E-state index in [9.17, 15) is 10.4 Å². The summed E-state index contributed by atoms with van der Waals surface area (Å²) in [7, 11) is 0. The summed E-state index contributed by atoms with van der Waals surface area (Å²) in [6, 6.07) is 16.5. The molecule has 0 aromatic heterocycles. The van der Waals surface area contributed by atoms with Gasteiger partial charge in [-0.3, -0.25) is 0 Å². The number of hydrogen-bond acceptors (Lipinski definition) is 4. The highest BCUT2D eigenvalue weighted by molar-refractivity contribution is 6.37. The zero-order valence-electron chi connectivity index (χ0n) is 12.0. The molecule has 6 heteroatoms. The summed E-state index contributed by atoms with van der Waals surface area (Å²) in [5, 5.41) is 29.9. The van der Waals surface area contributed by atoms with Gasteiger partial charge in [0.2, 0.25) is 0 Å². The summed E-state index contributed by atoms with van der Waals surface area (Å²) < 4.78 is 5.75. The van der Waals surface area contributed by atoms with E-state index in [0.717, 1.165) is 10.8 Å². The van der Waals surface area contributed by atoms with Gasteiger partial charge in [0, 0.05) is 5.39 Å². The molecular formula is C18H8Cl2N2O2. The molecule has 116 valence electrons. The largest absolute Gasteiger partial charge is 0.503 e. The third-order valence-corrected chi connectivity index (χ3v) is 4.23. The van der Waals surface area contributed by atoms with Gasteiger partial charge in [-0.2, -0.15) is 10.5 Å². The number of nitrogens with zero attached hydrogens (tertiary/aromatic N) is 2. The highest BCUT2D eigenvalue weighted by Crippen LogP contribution is 2.47. The van der Waals surface area contributed by atoms with Crippen molar-refractivity contribution in [2.75, 3.05) is 0 Å². The Bertz CT molecular complexity index is 1040. The van der Waals surface area contributed by atoms with Crippen molar-refractivity contribution in [2.45, 2.75) is 0 Å². The van der Waals surface area contributed by atoms with Crippen LogP contribution in [0.5, 0.6) is 17.2 Å². The van der Waals surface area contributed by atoms with E-state index in [0.29, 0.717) is 5.75 Å². The van der Waals surface area contributed by atoms with Crippen molar-refractivity contribution in [3.05, 3.63) is 63.6 Å². The standard InChI is InChI=1S/C18H8Cl2N2O2/c19-15-12(8-21)13(9-22)16(20)18(17(15)23)24-14-7-3-5-10-4-1-2-6-11(10)14/h1-7,23H. The van der Waals surface area contributed by atoms with Crippen molar-refractivity contribution in [3.63, 3.8) is 0 Å². The highest BCUT2D eigenvalue weighted by Gasteiger charge is 2.24. The molecule has 0 amide bonds. The Morgan fingerprint density at radius 1 is 0.875 bits per heavy atom. The van der Waals surface area contributed by atoms with Crippen LogP contribution in [0.1, 0.15) is 11.1 Å². The third kappa shape index (κ3) is 2.49. The molecular weight excluding hydrogens is 347 g/mol. The molecule has 0 heterocycles. The second kappa shape index (κ2) is 6.29. The molecule has 0 aliphatic rings. The predicted molar refractivity (Wildman–Crippen MR) is 91.6 cm³/mol. The second-order valence-corrected chi connectivity index (χ2v) is 5.61. The highest BCUT2D eigenvalue weighted by atomic mass is 35.5. The quantitative estimate of drug-likeness (QED) is 0.669. The van der Waals surface area contributed by atoms with Gasteiger partial charge < -0.3 is 9.84 Å². The molecule has 3 aromatic carbocycles. The normalized spacial score (nSPS) is 10.2. The van der Waals surface area contributed by atoms with Crippen LogP contribution in [0.2, 0.25) is 10.0 Å². The number of phenolic OH excluding ortho intramolecular Hbond substituents is 1. The summed E-state index contributed by atoms with van der Waals surface area (Å²) in [4.78, 5) is 0. The smallest absolute Gasteiger partial charge is 0.190 e. The van der Waals surface area contributed by atoms with E-state index in [2.05, 4.69) is 0 Å². The van der Waals surface area contributed by atoms with Gasteiger partial charge in [0.1, 0.15) is 27.9 Å². The Morgan fingerprint density at radius 3 is 2.21 bits per heavy atom. The maximum absolute atomic E-state index is 10.2. The Hall–Kier alpha value is -2.92. The molecule has 1 N–H and O–H groups in total. The first-order valence-corrected chi connectivity index (χ1v) is 7.53. The van der Waals surface area contributed by atoms with Gasteiger partial charge in [-0.25, -0.2) is 0 Å². The van der Waals surface area contributed by atoms with Crippen molar-refractivity contribution in [3.8, 4) is 29.4 Å². The molecule has 0 atom stereocenters. The fourth-order valence-electron chi connectivity index (χ4n) is 2.35. The number of benzene rings is 3. The Balaban J connectivity index is 2.23. The van der Waals surface area contributed by atoms with E-state index in [1.165, 1.54) is 0 Å². The summed E-state index contributed by atoms with van der Waals surface area (Å²) in [5.41, 5.74) is -0.330. The van der Waals surface area contributed by atoms with E-state index < -0.39 is 5.75 Å². The summed E-state index contributed by atoms with van der Waals surface area (Å²) in [6.45, 7) is 0. The number of nitriles is 2. The maximum Gasteiger partial charge on any atom is 0.190 e. The van der Waals surface area contributed by atoms with Gasteiger partial charge in [0.25, 0.3) is 0 Å². The van der Waals surface area contributed by atoms with E-state index >= 15 is 0 Å². The molecule has 0 saturated heterocycles. The van der Waals surface area contributed by atoms with Gasteiger partial charge in [0.15, 0.2) is 11.5 Å². The van der Waals surface area contributed by atoms with Crippen LogP contribution in [0.3, 0.4) is 0 Å². The van der Waals surface area contributed by atoms with E-state index in [4.69, 9.17) is 33.2 Å². The number of rotatable bonds is 2. The molecule has 0 bridgehead atoms. The molecule has 0 saturated carbocycles. The number of halogens is 2. The first-order chi connectivity index (χ1) is 11.6. The molecule has 0 aliphatic carbocycles. The molecule has 0 radical (unpaired) electrons. The van der Waals surface area contributed by atoms with Gasteiger partial charge in [-0.1, -0.05) is 59.6 Å². The molecule has 3 aromatic rings.